The summed E-state index contributed by atoms with van der Waals surface area (Å²) in [6.45, 7) is 8.75. The SMILES string of the molecule is CCC/C(=C\CC/C=C/c1ccc(C2=CCC3=CN=CC=C(N4CC/C=C(\C=O)CCC4)C3=C2)cc1)CC(C)C. The van der Waals surface area contributed by atoms with E-state index < -0.39 is 0 Å². The molecule has 0 radical (unpaired) electrons. The Kier molecular flexibility index (Phi) is 11.3. The van der Waals surface area contributed by atoms with Crippen LogP contribution in [-0.2, 0) is 4.79 Å². The minimum absolute atomic E-state index is 0.733. The van der Waals surface area contributed by atoms with Gasteiger partial charge in [-0.3, -0.25) is 9.79 Å². The molecule has 0 fully saturated rings. The van der Waals surface area contributed by atoms with Crippen molar-refractivity contribution in [3.8, 4) is 0 Å². The smallest absolute Gasteiger partial charge is 0.145 e. The third-order valence-corrected chi connectivity index (χ3v) is 7.77. The predicted octanol–water partition coefficient (Wildman–Crippen LogP) is 9.43. The van der Waals surface area contributed by atoms with Crippen LogP contribution in [0, 0.1) is 5.92 Å². The van der Waals surface area contributed by atoms with Gasteiger partial charge in [-0.25, -0.2) is 0 Å². The number of carbonyl (C=O) groups excluding carboxylic acids is 1. The first kappa shape index (κ1) is 29.5. The summed E-state index contributed by atoms with van der Waals surface area (Å²) in [7, 11) is 0. The van der Waals surface area contributed by atoms with Gasteiger partial charge in [0.15, 0.2) is 0 Å². The van der Waals surface area contributed by atoms with Gasteiger partial charge in [-0.05, 0) is 97.3 Å². The standard InChI is InChI=1S/C37H46N2O/c1-4-10-31(25-29(2)3)12-7-5-6-11-30-15-17-33(18-16-30)34-19-20-35-27-38-22-21-37(36(35)26-34)39-23-8-13-32(28-40)14-9-24-39/h6,11-13,15-19,21-22,26-29H,4-5,7-10,14,20,23-25H2,1-3H3/b11-6+,31-12+,32-13-. The molecule has 0 amide bonds. The lowest BCUT2D eigenvalue weighted by Gasteiger charge is -2.31. The van der Waals surface area contributed by atoms with Gasteiger partial charge in [0.25, 0.3) is 0 Å². The van der Waals surface area contributed by atoms with Gasteiger partial charge < -0.3 is 4.90 Å². The van der Waals surface area contributed by atoms with E-state index in [-0.39, 0.29) is 0 Å². The molecule has 0 bridgehead atoms. The zero-order valence-corrected chi connectivity index (χ0v) is 24.7. The molecule has 0 saturated carbocycles. The third-order valence-electron chi connectivity index (χ3n) is 7.77. The lowest BCUT2D eigenvalue weighted by atomic mass is 9.88. The number of hydrogen-bond acceptors (Lipinski definition) is 3. The van der Waals surface area contributed by atoms with Crippen molar-refractivity contribution in [3.05, 3.63) is 106 Å². The number of fused-ring (bicyclic) bond motifs is 1. The normalized spacial score (nSPS) is 19.6. The molecule has 0 N–H and O–H groups in total. The van der Waals surface area contributed by atoms with Crippen LogP contribution >= 0.6 is 0 Å². The van der Waals surface area contributed by atoms with Gasteiger partial charge in [-0.2, -0.15) is 0 Å². The average molecular weight is 535 g/mol. The van der Waals surface area contributed by atoms with Crippen molar-refractivity contribution in [2.24, 2.45) is 10.9 Å². The van der Waals surface area contributed by atoms with E-state index in [1.807, 2.05) is 12.4 Å². The molecule has 1 aliphatic carbocycles. The Hall–Kier alpha value is -3.46. The quantitative estimate of drug-likeness (QED) is 0.161. The second-order valence-corrected chi connectivity index (χ2v) is 11.5. The second-order valence-electron chi connectivity index (χ2n) is 11.5. The van der Waals surface area contributed by atoms with Crippen LogP contribution in [0.15, 0.2) is 99.9 Å². The fourth-order valence-corrected chi connectivity index (χ4v) is 5.78. The van der Waals surface area contributed by atoms with E-state index in [0.29, 0.717) is 0 Å². The second kappa shape index (κ2) is 15.4. The van der Waals surface area contributed by atoms with Crippen molar-refractivity contribution >= 4 is 24.1 Å². The maximum Gasteiger partial charge on any atom is 0.145 e. The van der Waals surface area contributed by atoms with E-state index in [0.717, 1.165) is 69.4 Å². The van der Waals surface area contributed by atoms with E-state index in [9.17, 15) is 4.79 Å². The van der Waals surface area contributed by atoms with E-state index >= 15 is 0 Å². The maximum atomic E-state index is 11.2. The van der Waals surface area contributed by atoms with Crippen LogP contribution in [0.3, 0.4) is 0 Å². The maximum absolute atomic E-state index is 11.2. The van der Waals surface area contributed by atoms with Crippen molar-refractivity contribution in [3.63, 3.8) is 0 Å². The first-order valence-electron chi connectivity index (χ1n) is 15.3. The molecule has 0 aromatic heterocycles. The third kappa shape index (κ3) is 8.52. The molecule has 40 heavy (non-hydrogen) atoms. The molecule has 1 aromatic carbocycles. The summed E-state index contributed by atoms with van der Waals surface area (Å²) >= 11 is 0. The number of carbonyl (C=O) groups is 1. The van der Waals surface area contributed by atoms with Crippen LogP contribution in [0.1, 0.15) is 89.7 Å². The van der Waals surface area contributed by atoms with Crippen LogP contribution in [0.2, 0.25) is 0 Å². The highest BCUT2D eigenvalue weighted by Crippen LogP contribution is 2.36. The van der Waals surface area contributed by atoms with Crippen LogP contribution in [0.25, 0.3) is 11.6 Å². The van der Waals surface area contributed by atoms with Crippen molar-refractivity contribution in [2.75, 3.05) is 13.1 Å². The van der Waals surface area contributed by atoms with Gasteiger partial charge >= 0.3 is 0 Å². The Labute approximate surface area is 242 Å². The highest BCUT2D eigenvalue weighted by atomic mass is 16.1. The van der Waals surface area contributed by atoms with Crippen LogP contribution in [0.4, 0.5) is 0 Å². The summed E-state index contributed by atoms with van der Waals surface area (Å²) in [6.07, 6.45) is 30.4. The van der Waals surface area contributed by atoms with Gasteiger partial charge in [0.2, 0.25) is 0 Å². The number of benzene rings is 1. The molecule has 1 aromatic rings. The molecule has 4 rings (SSSR count). The van der Waals surface area contributed by atoms with Crippen molar-refractivity contribution in [2.45, 2.75) is 78.6 Å². The highest BCUT2D eigenvalue weighted by Gasteiger charge is 2.22. The number of aldehydes is 1. The Morgan fingerprint density at radius 3 is 2.73 bits per heavy atom. The topological polar surface area (TPSA) is 32.7 Å². The zero-order chi connectivity index (χ0) is 28.2. The molecular formula is C37H46N2O. The van der Waals surface area contributed by atoms with Crippen LogP contribution < -0.4 is 0 Å². The van der Waals surface area contributed by atoms with Crippen molar-refractivity contribution in [1.29, 1.82) is 0 Å². The summed E-state index contributed by atoms with van der Waals surface area (Å²) in [5, 5.41) is 0. The van der Waals surface area contributed by atoms with Gasteiger partial charge in [0.05, 0.1) is 0 Å². The number of nitrogens with zero attached hydrogens (tertiary/aromatic N) is 2. The fourth-order valence-electron chi connectivity index (χ4n) is 5.78. The summed E-state index contributed by atoms with van der Waals surface area (Å²) in [5.74, 6) is 0.733. The summed E-state index contributed by atoms with van der Waals surface area (Å²) in [5.41, 5.74) is 10.1. The van der Waals surface area contributed by atoms with E-state index in [1.54, 1.807) is 5.57 Å². The zero-order valence-electron chi connectivity index (χ0n) is 24.7. The largest absolute Gasteiger partial charge is 0.371 e. The lowest BCUT2D eigenvalue weighted by molar-refractivity contribution is -0.105. The molecule has 0 saturated heterocycles. The van der Waals surface area contributed by atoms with E-state index in [4.69, 9.17) is 0 Å². The fraction of sp³-hybridized carbons (Fsp3) is 0.405. The lowest BCUT2D eigenvalue weighted by Crippen LogP contribution is -2.28. The molecule has 3 heteroatoms. The van der Waals surface area contributed by atoms with Gasteiger partial charge in [0, 0.05) is 36.8 Å². The van der Waals surface area contributed by atoms with Gasteiger partial charge in [0.1, 0.15) is 6.29 Å². The summed E-state index contributed by atoms with van der Waals surface area (Å²) in [4.78, 5) is 18.2. The van der Waals surface area contributed by atoms with Crippen molar-refractivity contribution in [1.82, 2.24) is 4.90 Å². The molecule has 0 atom stereocenters. The Balaban J connectivity index is 1.41. The van der Waals surface area contributed by atoms with Gasteiger partial charge in [-0.1, -0.05) is 87.4 Å². The Bertz CT molecular complexity index is 1260. The van der Waals surface area contributed by atoms with Gasteiger partial charge in [-0.15, -0.1) is 0 Å². The summed E-state index contributed by atoms with van der Waals surface area (Å²) in [6, 6.07) is 8.96. The summed E-state index contributed by atoms with van der Waals surface area (Å²) < 4.78 is 0. The molecule has 2 heterocycles. The van der Waals surface area contributed by atoms with Crippen LogP contribution in [0.5, 0.6) is 0 Å². The first-order chi connectivity index (χ1) is 19.6. The molecular weight excluding hydrogens is 488 g/mol. The first-order valence-corrected chi connectivity index (χ1v) is 15.3. The average Bonchev–Trinajstić information content (AvgIpc) is 3.15. The number of aliphatic imine (C=N–C) groups is 1. The predicted molar refractivity (Wildman–Crippen MR) is 172 cm³/mol. The highest BCUT2D eigenvalue weighted by molar-refractivity contribution is 5.83. The number of hydrogen-bond donors (Lipinski definition) is 0. The minimum Gasteiger partial charge on any atom is -0.371 e. The number of allylic oxidation sites excluding steroid dienone is 9. The number of rotatable bonds is 11. The monoisotopic (exact) mass is 534 g/mol. The molecule has 0 spiro atoms. The molecule has 3 nitrogen and oxygen atoms in total. The minimum atomic E-state index is 0.733. The van der Waals surface area contributed by atoms with E-state index in [2.05, 4.69) is 97.5 Å². The Morgan fingerprint density at radius 2 is 1.95 bits per heavy atom. The Morgan fingerprint density at radius 1 is 1.10 bits per heavy atom. The van der Waals surface area contributed by atoms with Crippen LogP contribution in [-0.4, -0.2) is 30.5 Å². The molecule has 3 aliphatic rings. The van der Waals surface area contributed by atoms with Crippen molar-refractivity contribution < 1.29 is 4.79 Å². The molecule has 2 aliphatic heterocycles. The van der Waals surface area contributed by atoms with E-state index in [1.165, 1.54) is 52.8 Å². The molecule has 210 valence electrons. The number of unbranched alkanes of at least 4 members (excludes halogenated alkanes) is 1. The molecule has 0 unspecified atom stereocenters.